The summed E-state index contributed by atoms with van der Waals surface area (Å²) in [5.41, 5.74) is 3.91. The Morgan fingerprint density at radius 3 is 2.76 bits per heavy atom. The number of nitrogens with zero attached hydrogens (tertiary/aromatic N) is 2. The highest BCUT2D eigenvalue weighted by molar-refractivity contribution is 5.26. The summed E-state index contributed by atoms with van der Waals surface area (Å²) >= 11 is 0. The molecule has 3 heteroatoms. The highest BCUT2D eigenvalue weighted by Gasteiger charge is 2.12. The lowest BCUT2D eigenvalue weighted by atomic mass is 10.0. The van der Waals surface area contributed by atoms with E-state index in [0.717, 1.165) is 22.4 Å². The number of hydrogen-bond donors (Lipinski definition) is 1. The zero-order valence-corrected chi connectivity index (χ0v) is 10.1. The van der Waals surface area contributed by atoms with Gasteiger partial charge >= 0.3 is 0 Å². The molecule has 1 N–H and O–H groups in total. The van der Waals surface area contributed by atoms with Gasteiger partial charge in [0.25, 0.3) is 0 Å². The molecule has 0 aliphatic carbocycles. The Morgan fingerprint density at radius 1 is 1.29 bits per heavy atom. The predicted octanol–water partition coefficient (Wildman–Crippen LogP) is 2.37. The van der Waals surface area contributed by atoms with E-state index in [0.29, 0.717) is 6.42 Å². The summed E-state index contributed by atoms with van der Waals surface area (Å²) in [5.74, 6) is 0. The molecule has 1 unspecified atom stereocenters. The van der Waals surface area contributed by atoms with Crippen LogP contribution in [0.15, 0.2) is 36.8 Å². The third-order valence-corrected chi connectivity index (χ3v) is 2.72. The normalized spacial score (nSPS) is 12.4. The fraction of sp³-hybridized carbons (Fsp3) is 0.286. The van der Waals surface area contributed by atoms with E-state index in [4.69, 9.17) is 0 Å². The first-order valence-electron chi connectivity index (χ1n) is 5.67. The van der Waals surface area contributed by atoms with Gasteiger partial charge in [-0.3, -0.25) is 9.97 Å². The Hall–Kier alpha value is -1.74. The minimum absolute atomic E-state index is 0.546. The molecule has 2 rings (SSSR count). The van der Waals surface area contributed by atoms with Crippen molar-refractivity contribution in [3.63, 3.8) is 0 Å². The molecule has 0 aliphatic heterocycles. The third kappa shape index (κ3) is 2.88. The van der Waals surface area contributed by atoms with Gasteiger partial charge < -0.3 is 5.11 Å². The van der Waals surface area contributed by atoms with Crippen LogP contribution in [0.3, 0.4) is 0 Å². The van der Waals surface area contributed by atoms with Gasteiger partial charge in [-0.05, 0) is 36.6 Å². The summed E-state index contributed by atoms with van der Waals surface area (Å²) in [6.07, 6.45) is 5.26. The summed E-state index contributed by atoms with van der Waals surface area (Å²) in [4.78, 5) is 8.34. The number of aryl methyl sites for hydroxylation is 2. The molecule has 3 nitrogen and oxygen atoms in total. The maximum atomic E-state index is 10.2. The van der Waals surface area contributed by atoms with E-state index in [1.165, 1.54) is 0 Å². The largest absolute Gasteiger partial charge is 0.386 e. The Morgan fingerprint density at radius 2 is 2.12 bits per heavy atom. The second-order valence-electron chi connectivity index (χ2n) is 4.30. The van der Waals surface area contributed by atoms with Gasteiger partial charge in [-0.2, -0.15) is 0 Å². The number of pyridine rings is 2. The van der Waals surface area contributed by atoms with E-state index in [9.17, 15) is 5.11 Å². The van der Waals surface area contributed by atoms with Gasteiger partial charge in [-0.25, -0.2) is 0 Å². The first-order chi connectivity index (χ1) is 8.16. The van der Waals surface area contributed by atoms with Crippen LogP contribution < -0.4 is 0 Å². The van der Waals surface area contributed by atoms with Crippen molar-refractivity contribution in [3.05, 3.63) is 59.2 Å². The minimum atomic E-state index is -0.570. The van der Waals surface area contributed by atoms with Gasteiger partial charge in [0.05, 0.1) is 5.69 Å². The van der Waals surface area contributed by atoms with Gasteiger partial charge in [0.15, 0.2) is 0 Å². The quantitative estimate of drug-likeness (QED) is 0.877. The van der Waals surface area contributed by atoms with Crippen LogP contribution in [0.5, 0.6) is 0 Å². The van der Waals surface area contributed by atoms with Gasteiger partial charge in [0.2, 0.25) is 0 Å². The molecule has 0 aromatic carbocycles. The highest BCUT2D eigenvalue weighted by atomic mass is 16.3. The van der Waals surface area contributed by atoms with Gasteiger partial charge in [-0.15, -0.1) is 0 Å². The fourth-order valence-electron chi connectivity index (χ4n) is 1.91. The monoisotopic (exact) mass is 228 g/mol. The van der Waals surface area contributed by atoms with Crippen LogP contribution in [-0.2, 0) is 6.42 Å². The number of hydrogen-bond acceptors (Lipinski definition) is 3. The summed E-state index contributed by atoms with van der Waals surface area (Å²) < 4.78 is 0. The molecule has 0 saturated carbocycles. The first-order valence-corrected chi connectivity index (χ1v) is 5.67. The molecule has 88 valence electrons. The second kappa shape index (κ2) is 5.06. The van der Waals surface area contributed by atoms with E-state index in [-0.39, 0.29) is 0 Å². The van der Waals surface area contributed by atoms with Crippen molar-refractivity contribution in [2.75, 3.05) is 0 Å². The van der Waals surface area contributed by atoms with Crippen LogP contribution in [0.2, 0.25) is 0 Å². The lowest BCUT2D eigenvalue weighted by Gasteiger charge is -2.12. The van der Waals surface area contributed by atoms with E-state index >= 15 is 0 Å². The molecule has 0 spiro atoms. The lowest BCUT2D eigenvalue weighted by Crippen LogP contribution is -2.06. The molecule has 0 aliphatic rings. The zero-order chi connectivity index (χ0) is 12.3. The summed E-state index contributed by atoms with van der Waals surface area (Å²) in [5, 5.41) is 10.2. The Kier molecular flexibility index (Phi) is 3.49. The Bertz CT molecular complexity index is 497. The highest BCUT2D eigenvalue weighted by Crippen LogP contribution is 2.19. The van der Waals surface area contributed by atoms with E-state index in [1.54, 1.807) is 18.6 Å². The van der Waals surface area contributed by atoms with Crippen molar-refractivity contribution in [2.45, 2.75) is 26.4 Å². The van der Waals surface area contributed by atoms with Gasteiger partial charge in [0.1, 0.15) is 6.10 Å². The Labute approximate surface area is 101 Å². The fourth-order valence-corrected chi connectivity index (χ4v) is 1.91. The molecule has 0 bridgehead atoms. The van der Waals surface area contributed by atoms with Crippen molar-refractivity contribution in [2.24, 2.45) is 0 Å². The predicted molar refractivity (Wildman–Crippen MR) is 66.6 cm³/mol. The number of aromatic nitrogens is 2. The van der Waals surface area contributed by atoms with E-state index in [2.05, 4.69) is 9.97 Å². The van der Waals surface area contributed by atoms with Crippen molar-refractivity contribution in [1.29, 1.82) is 0 Å². The van der Waals surface area contributed by atoms with Crippen LogP contribution in [-0.4, -0.2) is 15.1 Å². The van der Waals surface area contributed by atoms with Crippen LogP contribution in [0.25, 0.3) is 0 Å². The molecule has 0 saturated heterocycles. The second-order valence-corrected chi connectivity index (χ2v) is 4.30. The molecular weight excluding hydrogens is 212 g/mol. The third-order valence-electron chi connectivity index (χ3n) is 2.72. The van der Waals surface area contributed by atoms with Crippen LogP contribution in [0.4, 0.5) is 0 Å². The minimum Gasteiger partial charge on any atom is -0.386 e. The maximum absolute atomic E-state index is 10.2. The maximum Gasteiger partial charge on any atom is 0.100 e. The molecule has 0 fully saturated rings. The smallest absolute Gasteiger partial charge is 0.100 e. The van der Waals surface area contributed by atoms with Gasteiger partial charge in [0, 0.05) is 25.0 Å². The van der Waals surface area contributed by atoms with E-state index < -0.39 is 6.10 Å². The number of aliphatic hydroxyl groups excluding tert-OH is 1. The molecule has 2 heterocycles. The SMILES string of the molecule is Cc1cnc(C(O)Cc2cccnc2)c(C)c1. The average Bonchev–Trinajstić information content (AvgIpc) is 2.30. The molecular formula is C14H16N2O. The zero-order valence-electron chi connectivity index (χ0n) is 10.1. The van der Waals surface area contributed by atoms with Crippen LogP contribution in [0, 0.1) is 13.8 Å². The lowest BCUT2D eigenvalue weighted by molar-refractivity contribution is 0.172. The summed E-state index contributed by atoms with van der Waals surface area (Å²) in [6, 6.07) is 5.87. The van der Waals surface area contributed by atoms with Crippen LogP contribution in [0.1, 0.15) is 28.5 Å². The summed E-state index contributed by atoms with van der Waals surface area (Å²) in [7, 11) is 0. The molecule has 0 amide bonds. The molecule has 1 atom stereocenters. The van der Waals surface area contributed by atoms with Gasteiger partial charge in [-0.1, -0.05) is 12.1 Å². The average molecular weight is 228 g/mol. The number of rotatable bonds is 3. The van der Waals surface area contributed by atoms with Crippen LogP contribution >= 0.6 is 0 Å². The molecule has 0 radical (unpaired) electrons. The van der Waals surface area contributed by atoms with Crippen molar-refractivity contribution >= 4 is 0 Å². The number of aliphatic hydroxyl groups is 1. The topological polar surface area (TPSA) is 46.0 Å². The molecule has 2 aromatic rings. The van der Waals surface area contributed by atoms with Crippen molar-refractivity contribution in [3.8, 4) is 0 Å². The van der Waals surface area contributed by atoms with E-state index in [1.807, 2.05) is 32.0 Å². The molecule has 17 heavy (non-hydrogen) atoms. The first kappa shape index (κ1) is 11.7. The Balaban J connectivity index is 2.17. The molecule has 2 aromatic heterocycles. The summed E-state index contributed by atoms with van der Waals surface area (Å²) in [6.45, 7) is 3.97. The van der Waals surface area contributed by atoms with Crippen molar-refractivity contribution in [1.82, 2.24) is 9.97 Å². The van der Waals surface area contributed by atoms with Crippen molar-refractivity contribution < 1.29 is 5.11 Å². The standard InChI is InChI=1S/C14H16N2O/c1-10-6-11(2)14(16-8-10)13(17)7-12-4-3-5-15-9-12/h3-6,8-9,13,17H,7H2,1-2H3.